The lowest BCUT2D eigenvalue weighted by Crippen LogP contribution is -2.24. The summed E-state index contributed by atoms with van der Waals surface area (Å²) in [6.45, 7) is 1.46. The topological polar surface area (TPSA) is 54.4 Å². The van der Waals surface area contributed by atoms with Gasteiger partial charge in [0.25, 0.3) is 0 Å². The smallest absolute Gasteiger partial charge is 0.169 e. The lowest BCUT2D eigenvalue weighted by atomic mass is 10.1. The van der Waals surface area contributed by atoms with Crippen LogP contribution in [0.25, 0.3) is 0 Å². The molecule has 0 saturated carbocycles. The van der Waals surface area contributed by atoms with E-state index in [4.69, 9.17) is 34.8 Å². The third kappa shape index (κ3) is 3.48. The van der Waals surface area contributed by atoms with E-state index < -0.39 is 20.7 Å². The first-order valence-electron chi connectivity index (χ1n) is 4.78. The zero-order chi connectivity index (χ0) is 13.2. The third-order valence-electron chi connectivity index (χ3n) is 2.27. The molecule has 2 atom stereocenters. The first-order chi connectivity index (χ1) is 7.79. The average Bonchev–Trinajstić information content (AvgIpc) is 2.27. The molecule has 0 spiro atoms. The first-order valence-corrected chi connectivity index (χ1v) is 7.69. The lowest BCUT2D eigenvalue weighted by Gasteiger charge is -2.18. The van der Waals surface area contributed by atoms with Crippen molar-refractivity contribution in [3.63, 3.8) is 0 Å². The number of hydrogen-bond donors (Lipinski definition) is 1. The molecule has 7 heteroatoms. The predicted molar refractivity (Wildman–Crippen MR) is 70.5 cm³/mol. The van der Waals surface area contributed by atoms with Crippen LogP contribution >= 0.6 is 34.8 Å². The van der Waals surface area contributed by atoms with Crippen LogP contribution in [0, 0.1) is 0 Å². The van der Waals surface area contributed by atoms with Gasteiger partial charge in [-0.15, -0.1) is 11.6 Å². The second kappa shape index (κ2) is 5.76. The van der Waals surface area contributed by atoms with Crippen LogP contribution in [0.5, 0.6) is 0 Å². The molecule has 0 aliphatic heterocycles. The average molecular weight is 318 g/mol. The Labute approximate surface area is 115 Å². The fraction of sp³-hybridized carbons (Fsp3) is 0.400. The Kier molecular flexibility index (Phi) is 5.10. The van der Waals surface area contributed by atoms with Crippen molar-refractivity contribution in [1.82, 2.24) is 0 Å². The molecule has 0 heterocycles. The molecule has 0 saturated heterocycles. The van der Waals surface area contributed by atoms with E-state index in [0.29, 0.717) is 5.02 Å². The largest absolute Gasteiger partial charge is 0.386 e. The molecule has 0 amide bonds. The molecule has 0 aromatic heterocycles. The summed E-state index contributed by atoms with van der Waals surface area (Å²) in [5, 5.41) is 10.5. The molecule has 1 rings (SSSR count). The van der Waals surface area contributed by atoms with Gasteiger partial charge in [-0.3, -0.25) is 0 Å². The van der Waals surface area contributed by atoms with Gasteiger partial charge in [-0.25, -0.2) is 8.42 Å². The predicted octanol–water partition coefficient (Wildman–Crippen LogP) is 3.03. The van der Waals surface area contributed by atoms with E-state index in [9.17, 15) is 13.5 Å². The maximum Gasteiger partial charge on any atom is 0.169 e. The number of rotatable bonds is 4. The summed E-state index contributed by atoms with van der Waals surface area (Å²) < 4.78 is 21.6. The molecule has 96 valence electrons. The van der Waals surface area contributed by atoms with Gasteiger partial charge in [-0.05, 0) is 12.1 Å². The van der Waals surface area contributed by atoms with E-state index in [1.54, 1.807) is 0 Å². The van der Waals surface area contributed by atoms with Crippen LogP contribution in [-0.4, -0.2) is 24.0 Å². The number of sulfone groups is 1. The Morgan fingerprint density at radius 1 is 1.35 bits per heavy atom. The molecule has 1 aromatic carbocycles. The number of benzene rings is 1. The van der Waals surface area contributed by atoms with Crippen molar-refractivity contribution in [2.75, 3.05) is 5.75 Å². The Balaban J connectivity index is 3.09. The standard InChI is InChI=1S/C10H11Cl3O3S/c1-2-17(15,16)10(13)9(14)7-4-3-6(11)5-8(7)12/h3-5,9-10,14H,2H2,1H3/t9-,10+/m1/s1. The number of aliphatic hydroxyl groups is 1. The molecule has 0 aliphatic carbocycles. The summed E-state index contributed by atoms with van der Waals surface area (Å²) in [6.07, 6.45) is -1.38. The van der Waals surface area contributed by atoms with E-state index >= 15 is 0 Å². The van der Waals surface area contributed by atoms with E-state index in [0.717, 1.165) is 0 Å². The van der Waals surface area contributed by atoms with E-state index in [-0.39, 0.29) is 16.3 Å². The van der Waals surface area contributed by atoms with Crippen LogP contribution in [0.3, 0.4) is 0 Å². The Morgan fingerprint density at radius 2 is 1.94 bits per heavy atom. The highest BCUT2D eigenvalue weighted by Crippen LogP contribution is 2.32. The van der Waals surface area contributed by atoms with Crippen LogP contribution in [0.15, 0.2) is 18.2 Å². The SMILES string of the molecule is CCS(=O)(=O)[C@H](Cl)[C@H](O)c1ccc(Cl)cc1Cl. The third-order valence-corrected chi connectivity index (χ3v) is 5.64. The van der Waals surface area contributed by atoms with Gasteiger partial charge in [-0.2, -0.15) is 0 Å². The summed E-state index contributed by atoms with van der Waals surface area (Å²) in [6, 6.07) is 4.38. The maximum absolute atomic E-state index is 11.5. The second-order valence-electron chi connectivity index (χ2n) is 3.41. The van der Waals surface area contributed by atoms with Crippen LogP contribution in [-0.2, 0) is 9.84 Å². The van der Waals surface area contributed by atoms with Crippen molar-refractivity contribution in [3.05, 3.63) is 33.8 Å². The zero-order valence-corrected chi connectivity index (χ0v) is 12.0. The highest BCUT2D eigenvalue weighted by atomic mass is 35.5. The van der Waals surface area contributed by atoms with Gasteiger partial charge < -0.3 is 5.11 Å². The Morgan fingerprint density at radius 3 is 2.41 bits per heavy atom. The molecule has 0 unspecified atom stereocenters. The van der Waals surface area contributed by atoms with Crippen molar-refractivity contribution in [1.29, 1.82) is 0 Å². The summed E-state index contributed by atoms with van der Waals surface area (Å²) in [7, 11) is -3.55. The zero-order valence-electron chi connectivity index (χ0n) is 8.90. The molecule has 0 bridgehead atoms. The highest BCUT2D eigenvalue weighted by molar-refractivity contribution is 7.93. The maximum atomic E-state index is 11.5. The number of halogens is 3. The molecule has 3 nitrogen and oxygen atoms in total. The van der Waals surface area contributed by atoms with Crippen molar-refractivity contribution >= 4 is 44.6 Å². The molecule has 0 radical (unpaired) electrons. The number of aliphatic hydroxyl groups excluding tert-OH is 1. The summed E-state index contributed by atoms with van der Waals surface area (Å²) >= 11 is 17.3. The molecule has 1 aromatic rings. The fourth-order valence-corrected chi connectivity index (χ4v) is 3.13. The highest BCUT2D eigenvalue weighted by Gasteiger charge is 2.31. The second-order valence-corrected chi connectivity index (χ2v) is 7.40. The van der Waals surface area contributed by atoms with Gasteiger partial charge in [0, 0.05) is 21.4 Å². The van der Waals surface area contributed by atoms with E-state index in [1.165, 1.54) is 25.1 Å². The van der Waals surface area contributed by atoms with Crippen molar-refractivity contribution < 1.29 is 13.5 Å². The Bertz CT molecular complexity index is 502. The van der Waals surface area contributed by atoms with Gasteiger partial charge in [0.1, 0.15) is 6.10 Å². The number of alkyl halides is 1. The lowest BCUT2D eigenvalue weighted by molar-refractivity contribution is 0.192. The van der Waals surface area contributed by atoms with Gasteiger partial charge in [-0.1, -0.05) is 36.2 Å². The van der Waals surface area contributed by atoms with Gasteiger partial charge in [0.2, 0.25) is 0 Å². The molecular formula is C10H11Cl3O3S. The summed E-state index contributed by atoms with van der Waals surface area (Å²) in [5.74, 6) is -0.149. The van der Waals surface area contributed by atoms with Crippen LogP contribution in [0.4, 0.5) is 0 Å². The quantitative estimate of drug-likeness (QED) is 0.869. The van der Waals surface area contributed by atoms with Gasteiger partial charge in [0.05, 0.1) is 0 Å². The number of hydrogen-bond acceptors (Lipinski definition) is 3. The van der Waals surface area contributed by atoms with Crippen molar-refractivity contribution in [2.24, 2.45) is 0 Å². The minimum Gasteiger partial charge on any atom is -0.386 e. The molecule has 0 aliphatic rings. The van der Waals surface area contributed by atoms with Crippen LogP contribution < -0.4 is 0 Å². The fourth-order valence-electron chi connectivity index (χ4n) is 1.24. The van der Waals surface area contributed by atoms with Gasteiger partial charge >= 0.3 is 0 Å². The van der Waals surface area contributed by atoms with Gasteiger partial charge in [0.15, 0.2) is 14.5 Å². The molecule has 17 heavy (non-hydrogen) atoms. The summed E-state index contributed by atoms with van der Waals surface area (Å²) in [4.78, 5) is 0. The monoisotopic (exact) mass is 316 g/mol. The Hall–Kier alpha value is -0.000000000000000111. The van der Waals surface area contributed by atoms with E-state index in [1.807, 2.05) is 0 Å². The van der Waals surface area contributed by atoms with Crippen molar-refractivity contribution in [3.8, 4) is 0 Å². The minimum atomic E-state index is -3.55. The summed E-state index contributed by atoms with van der Waals surface area (Å²) in [5.41, 5.74) is 0.244. The van der Waals surface area contributed by atoms with Crippen molar-refractivity contribution in [2.45, 2.75) is 17.7 Å². The van der Waals surface area contributed by atoms with Crippen LogP contribution in [0.2, 0.25) is 10.0 Å². The molecule has 0 fully saturated rings. The van der Waals surface area contributed by atoms with E-state index in [2.05, 4.69) is 0 Å². The normalized spacial score (nSPS) is 15.6. The molecule has 1 N–H and O–H groups in total. The first kappa shape index (κ1) is 15.1. The van der Waals surface area contributed by atoms with Crippen LogP contribution in [0.1, 0.15) is 18.6 Å². The molecular weight excluding hydrogens is 307 g/mol. The minimum absolute atomic E-state index is 0.149.